The van der Waals surface area contributed by atoms with E-state index in [-0.39, 0.29) is 12.1 Å². The number of alkyl carbamates (subject to hydrolysis) is 1. The van der Waals surface area contributed by atoms with Gasteiger partial charge in [0.15, 0.2) is 0 Å². The highest BCUT2D eigenvalue weighted by molar-refractivity contribution is 5.67. The monoisotopic (exact) mass is 240 g/mol. The van der Waals surface area contributed by atoms with Crippen molar-refractivity contribution >= 4 is 6.09 Å². The van der Waals surface area contributed by atoms with E-state index in [2.05, 4.69) is 5.32 Å². The van der Waals surface area contributed by atoms with E-state index < -0.39 is 5.60 Å². The number of hydrogen-bond acceptors (Lipinski definition) is 3. The van der Waals surface area contributed by atoms with Crippen LogP contribution in [0.2, 0.25) is 0 Å². The predicted molar refractivity (Wildman–Crippen MR) is 66.5 cm³/mol. The van der Waals surface area contributed by atoms with Crippen molar-refractivity contribution < 1.29 is 9.53 Å². The van der Waals surface area contributed by atoms with Gasteiger partial charge in [0.25, 0.3) is 0 Å². The second-order valence-electron chi connectivity index (χ2n) is 6.46. The third-order valence-electron chi connectivity index (χ3n) is 4.04. The molecule has 2 saturated carbocycles. The van der Waals surface area contributed by atoms with E-state index in [0.29, 0.717) is 24.3 Å². The molecular formula is C13H24N2O2. The molecule has 2 aliphatic rings. The highest BCUT2D eigenvalue weighted by Crippen LogP contribution is 2.47. The van der Waals surface area contributed by atoms with E-state index in [4.69, 9.17) is 10.5 Å². The molecule has 3 N–H and O–H groups in total. The van der Waals surface area contributed by atoms with E-state index in [9.17, 15) is 4.79 Å². The molecular weight excluding hydrogens is 216 g/mol. The van der Waals surface area contributed by atoms with Gasteiger partial charge in [0.05, 0.1) is 0 Å². The summed E-state index contributed by atoms with van der Waals surface area (Å²) in [4.78, 5) is 11.6. The first kappa shape index (κ1) is 12.7. The molecule has 0 radical (unpaired) electrons. The Labute approximate surface area is 103 Å². The topological polar surface area (TPSA) is 64.3 Å². The summed E-state index contributed by atoms with van der Waals surface area (Å²) in [5.74, 6) is 1.84. The van der Waals surface area contributed by atoms with Crippen LogP contribution in [0.1, 0.15) is 40.0 Å². The van der Waals surface area contributed by atoms with Crippen LogP contribution in [-0.4, -0.2) is 24.3 Å². The molecule has 17 heavy (non-hydrogen) atoms. The zero-order valence-corrected chi connectivity index (χ0v) is 11.0. The Balaban J connectivity index is 1.77. The number of rotatable bonds is 2. The van der Waals surface area contributed by atoms with Crippen molar-refractivity contribution in [3.63, 3.8) is 0 Å². The van der Waals surface area contributed by atoms with Gasteiger partial charge in [-0.3, -0.25) is 0 Å². The molecule has 1 unspecified atom stereocenters. The van der Waals surface area contributed by atoms with Gasteiger partial charge in [0.1, 0.15) is 5.60 Å². The van der Waals surface area contributed by atoms with E-state index in [0.717, 1.165) is 0 Å². The first-order chi connectivity index (χ1) is 7.87. The van der Waals surface area contributed by atoms with Gasteiger partial charge in [-0.05, 0) is 57.8 Å². The number of carbonyl (C=O) groups is 1. The molecule has 0 aliphatic heterocycles. The lowest BCUT2D eigenvalue weighted by molar-refractivity contribution is 0.0511. The fourth-order valence-electron chi connectivity index (χ4n) is 3.27. The molecule has 0 heterocycles. The first-order valence-corrected chi connectivity index (χ1v) is 6.59. The average Bonchev–Trinajstić information content (AvgIpc) is 2.73. The third-order valence-corrected chi connectivity index (χ3v) is 4.04. The van der Waals surface area contributed by atoms with Crippen LogP contribution in [0.25, 0.3) is 0 Å². The lowest BCUT2D eigenvalue weighted by Crippen LogP contribution is -2.43. The van der Waals surface area contributed by atoms with Gasteiger partial charge in [0.2, 0.25) is 0 Å². The van der Waals surface area contributed by atoms with Gasteiger partial charge in [-0.15, -0.1) is 0 Å². The fraction of sp³-hybridized carbons (Fsp3) is 0.923. The molecule has 98 valence electrons. The highest BCUT2D eigenvalue weighted by atomic mass is 16.6. The van der Waals surface area contributed by atoms with Crippen LogP contribution in [0.3, 0.4) is 0 Å². The molecule has 0 aromatic carbocycles. The molecule has 0 aromatic rings. The average molecular weight is 240 g/mol. The van der Waals surface area contributed by atoms with E-state index in [1.165, 1.54) is 19.3 Å². The number of hydrogen-bond donors (Lipinski definition) is 2. The lowest BCUT2D eigenvalue weighted by Gasteiger charge is -2.28. The minimum Gasteiger partial charge on any atom is -0.444 e. The Kier molecular flexibility index (Phi) is 3.34. The number of amides is 1. The summed E-state index contributed by atoms with van der Waals surface area (Å²) in [6, 6.07) is 0.267. The molecule has 4 atom stereocenters. The van der Waals surface area contributed by atoms with Gasteiger partial charge in [-0.2, -0.15) is 0 Å². The smallest absolute Gasteiger partial charge is 0.407 e. The second-order valence-corrected chi connectivity index (χ2v) is 6.46. The summed E-state index contributed by atoms with van der Waals surface area (Å²) in [5.41, 5.74) is 5.76. The van der Waals surface area contributed by atoms with Crippen LogP contribution in [0.4, 0.5) is 4.79 Å². The van der Waals surface area contributed by atoms with Crippen molar-refractivity contribution in [3.05, 3.63) is 0 Å². The van der Waals surface area contributed by atoms with Crippen LogP contribution in [0, 0.1) is 17.8 Å². The number of nitrogens with two attached hydrogens (primary N) is 1. The summed E-state index contributed by atoms with van der Waals surface area (Å²) in [6.07, 6.45) is 3.47. The Morgan fingerprint density at radius 3 is 2.53 bits per heavy atom. The molecule has 2 fully saturated rings. The van der Waals surface area contributed by atoms with Gasteiger partial charge in [0, 0.05) is 12.6 Å². The number of ether oxygens (including phenoxy) is 1. The van der Waals surface area contributed by atoms with E-state index in [1.807, 2.05) is 20.8 Å². The third kappa shape index (κ3) is 2.92. The number of carbonyl (C=O) groups excluding carboxylic acids is 1. The quantitative estimate of drug-likeness (QED) is 0.774. The van der Waals surface area contributed by atoms with Crippen LogP contribution in [0.5, 0.6) is 0 Å². The number of fused-ring (bicyclic) bond motifs is 2. The van der Waals surface area contributed by atoms with Crippen molar-refractivity contribution in [2.45, 2.75) is 51.7 Å². The molecule has 0 aromatic heterocycles. The van der Waals surface area contributed by atoms with Crippen molar-refractivity contribution in [1.29, 1.82) is 0 Å². The molecule has 0 spiro atoms. The van der Waals surface area contributed by atoms with E-state index >= 15 is 0 Å². The summed E-state index contributed by atoms with van der Waals surface area (Å²) in [7, 11) is 0. The van der Waals surface area contributed by atoms with Crippen molar-refractivity contribution in [2.24, 2.45) is 23.5 Å². The van der Waals surface area contributed by atoms with Crippen molar-refractivity contribution in [1.82, 2.24) is 5.32 Å². The van der Waals surface area contributed by atoms with Crippen molar-refractivity contribution in [2.75, 3.05) is 6.54 Å². The normalized spacial score (nSPS) is 36.0. The Bertz CT molecular complexity index is 296. The molecule has 2 aliphatic carbocycles. The van der Waals surface area contributed by atoms with Gasteiger partial charge < -0.3 is 15.8 Å². The largest absolute Gasteiger partial charge is 0.444 e. The molecule has 1 amide bonds. The lowest BCUT2D eigenvalue weighted by atomic mass is 9.85. The number of nitrogens with one attached hydrogen (secondary N) is 1. The summed E-state index contributed by atoms with van der Waals surface area (Å²) >= 11 is 0. The zero-order chi connectivity index (χ0) is 12.6. The first-order valence-electron chi connectivity index (χ1n) is 6.59. The van der Waals surface area contributed by atoms with Crippen LogP contribution in [0.15, 0.2) is 0 Å². The SMILES string of the molecule is CC(C)(C)OC(=O)NC[C@H]1C(N)[C@H]2CC[C@@H]1C2. The maximum absolute atomic E-state index is 11.6. The van der Waals surface area contributed by atoms with Crippen molar-refractivity contribution in [3.8, 4) is 0 Å². The zero-order valence-electron chi connectivity index (χ0n) is 11.0. The Morgan fingerprint density at radius 2 is 2.00 bits per heavy atom. The second kappa shape index (κ2) is 4.48. The standard InChI is InChI=1S/C13H24N2O2/c1-13(2,3)17-12(16)15-7-10-8-4-5-9(6-8)11(10)14/h8-11H,4-7,14H2,1-3H3,(H,15,16)/t8-,9+,10-,11?/m1/s1. The molecule has 4 heteroatoms. The summed E-state index contributed by atoms with van der Waals surface area (Å²) < 4.78 is 5.22. The minimum absolute atomic E-state index is 0.267. The maximum Gasteiger partial charge on any atom is 0.407 e. The van der Waals surface area contributed by atoms with Crippen LogP contribution in [-0.2, 0) is 4.74 Å². The predicted octanol–water partition coefficient (Wildman–Crippen LogP) is 1.88. The highest BCUT2D eigenvalue weighted by Gasteiger charge is 2.45. The molecule has 2 bridgehead atoms. The van der Waals surface area contributed by atoms with Gasteiger partial charge >= 0.3 is 6.09 Å². The Morgan fingerprint density at radius 1 is 1.35 bits per heavy atom. The summed E-state index contributed by atoms with van der Waals surface area (Å²) in [5, 5.41) is 2.86. The maximum atomic E-state index is 11.6. The van der Waals surface area contributed by atoms with Gasteiger partial charge in [-0.25, -0.2) is 4.79 Å². The summed E-state index contributed by atoms with van der Waals surface area (Å²) in [6.45, 7) is 6.28. The van der Waals surface area contributed by atoms with Gasteiger partial charge in [-0.1, -0.05) is 0 Å². The van der Waals surface area contributed by atoms with E-state index in [1.54, 1.807) is 0 Å². The van der Waals surface area contributed by atoms with Crippen LogP contribution < -0.4 is 11.1 Å². The molecule has 2 rings (SSSR count). The fourth-order valence-corrected chi connectivity index (χ4v) is 3.27. The molecule has 0 saturated heterocycles. The molecule has 4 nitrogen and oxygen atoms in total. The minimum atomic E-state index is -0.430. The Hall–Kier alpha value is -0.770. The van der Waals surface area contributed by atoms with Crippen LogP contribution >= 0.6 is 0 Å².